The second-order valence-corrected chi connectivity index (χ2v) is 4.64. The van der Waals surface area contributed by atoms with Crippen molar-refractivity contribution < 1.29 is 19.8 Å². The van der Waals surface area contributed by atoms with Crippen LogP contribution in [-0.2, 0) is 22.6 Å². The zero-order chi connectivity index (χ0) is 14.1. The smallest absolute Gasteiger partial charge is 0.303 e. The van der Waals surface area contributed by atoms with Gasteiger partial charge in [0, 0.05) is 31.3 Å². The SMILES string of the molecule is O=C(O)CCCCCn1cccc1CCCC(=O)O. The molecule has 1 rings (SSSR count). The number of aryl methyl sites for hydroxylation is 2. The number of hydrogen-bond acceptors (Lipinski definition) is 2. The highest BCUT2D eigenvalue weighted by molar-refractivity contribution is 5.66. The van der Waals surface area contributed by atoms with E-state index in [0.29, 0.717) is 12.8 Å². The van der Waals surface area contributed by atoms with Gasteiger partial charge in [-0.3, -0.25) is 9.59 Å². The molecule has 0 radical (unpaired) electrons. The molecule has 0 atom stereocenters. The van der Waals surface area contributed by atoms with Gasteiger partial charge < -0.3 is 14.8 Å². The summed E-state index contributed by atoms with van der Waals surface area (Å²) < 4.78 is 2.13. The Bertz CT molecular complexity index is 411. The first kappa shape index (κ1) is 15.3. The first-order chi connectivity index (χ1) is 9.09. The van der Waals surface area contributed by atoms with Crippen molar-refractivity contribution in [2.24, 2.45) is 0 Å². The molecule has 0 aliphatic carbocycles. The summed E-state index contributed by atoms with van der Waals surface area (Å²) in [6.45, 7) is 0.870. The molecular weight excluding hydrogens is 246 g/mol. The fourth-order valence-corrected chi connectivity index (χ4v) is 2.05. The molecule has 0 saturated carbocycles. The molecule has 0 aliphatic rings. The molecule has 0 amide bonds. The summed E-state index contributed by atoms with van der Waals surface area (Å²) in [6, 6.07) is 3.98. The van der Waals surface area contributed by atoms with Gasteiger partial charge in [-0.2, -0.15) is 0 Å². The van der Waals surface area contributed by atoms with Crippen LogP contribution in [0.2, 0.25) is 0 Å². The van der Waals surface area contributed by atoms with Crippen molar-refractivity contribution in [3.8, 4) is 0 Å². The van der Waals surface area contributed by atoms with Gasteiger partial charge in [0.05, 0.1) is 0 Å². The number of aromatic nitrogens is 1. The lowest BCUT2D eigenvalue weighted by molar-refractivity contribution is -0.138. The lowest BCUT2D eigenvalue weighted by Crippen LogP contribution is -2.04. The molecule has 0 spiro atoms. The molecule has 0 saturated heterocycles. The molecule has 5 heteroatoms. The van der Waals surface area contributed by atoms with Crippen LogP contribution >= 0.6 is 0 Å². The van der Waals surface area contributed by atoms with Crippen LogP contribution in [0.15, 0.2) is 18.3 Å². The minimum Gasteiger partial charge on any atom is -0.481 e. The van der Waals surface area contributed by atoms with Gasteiger partial charge in [0.2, 0.25) is 0 Å². The molecule has 2 N–H and O–H groups in total. The lowest BCUT2D eigenvalue weighted by Gasteiger charge is -2.08. The lowest BCUT2D eigenvalue weighted by atomic mass is 10.1. The van der Waals surface area contributed by atoms with Crippen LogP contribution in [0.1, 0.15) is 44.2 Å². The Kier molecular flexibility index (Phi) is 6.71. The van der Waals surface area contributed by atoms with E-state index in [4.69, 9.17) is 10.2 Å². The van der Waals surface area contributed by atoms with Crippen molar-refractivity contribution in [1.82, 2.24) is 4.57 Å². The summed E-state index contributed by atoms with van der Waals surface area (Å²) in [6.07, 6.45) is 6.42. The normalized spacial score (nSPS) is 10.5. The molecule has 0 fully saturated rings. The third-order valence-electron chi connectivity index (χ3n) is 3.04. The van der Waals surface area contributed by atoms with E-state index in [1.165, 1.54) is 0 Å². The fraction of sp³-hybridized carbons (Fsp3) is 0.571. The molecule has 1 aromatic heterocycles. The monoisotopic (exact) mass is 267 g/mol. The summed E-state index contributed by atoms with van der Waals surface area (Å²) in [5, 5.41) is 17.1. The third kappa shape index (κ3) is 6.64. The minimum absolute atomic E-state index is 0.198. The number of nitrogens with zero attached hydrogens (tertiary/aromatic N) is 1. The highest BCUT2D eigenvalue weighted by Crippen LogP contribution is 2.10. The van der Waals surface area contributed by atoms with Crippen LogP contribution in [0.4, 0.5) is 0 Å². The Morgan fingerprint density at radius 1 is 1.00 bits per heavy atom. The number of unbranched alkanes of at least 4 members (excludes halogenated alkanes) is 2. The zero-order valence-electron chi connectivity index (χ0n) is 11.0. The van der Waals surface area contributed by atoms with Gasteiger partial charge in [-0.1, -0.05) is 6.42 Å². The van der Waals surface area contributed by atoms with Gasteiger partial charge in [0.1, 0.15) is 0 Å². The molecule has 1 aromatic rings. The molecule has 0 aromatic carbocycles. The third-order valence-corrected chi connectivity index (χ3v) is 3.04. The zero-order valence-corrected chi connectivity index (χ0v) is 11.0. The van der Waals surface area contributed by atoms with Crippen LogP contribution in [0.3, 0.4) is 0 Å². The highest BCUT2D eigenvalue weighted by atomic mass is 16.4. The average molecular weight is 267 g/mol. The number of rotatable bonds is 10. The first-order valence-corrected chi connectivity index (χ1v) is 6.67. The fourth-order valence-electron chi connectivity index (χ4n) is 2.05. The van der Waals surface area contributed by atoms with Crippen LogP contribution in [0.5, 0.6) is 0 Å². The van der Waals surface area contributed by atoms with Crippen molar-refractivity contribution in [2.45, 2.75) is 51.5 Å². The number of hydrogen-bond donors (Lipinski definition) is 2. The van der Waals surface area contributed by atoms with Gasteiger partial charge in [-0.25, -0.2) is 0 Å². The van der Waals surface area contributed by atoms with E-state index < -0.39 is 11.9 Å². The summed E-state index contributed by atoms with van der Waals surface area (Å²) >= 11 is 0. The first-order valence-electron chi connectivity index (χ1n) is 6.67. The largest absolute Gasteiger partial charge is 0.481 e. The van der Waals surface area contributed by atoms with Gasteiger partial charge in [-0.15, -0.1) is 0 Å². The molecule has 106 valence electrons. The summed E-state index contributed by atoms with van der Waals surface area (Å²) in [7, 11) is 0. The molecule has 0 bridgehead atoms. The summed E-state index contributed by atoms with van der Waals surface area (Å²) in [4.78, 5) is 20.8. The maximum absolute atomic E-state index is 10.5. The Hall–Kier alpha value is -1.78. The van der Waals surface area contributed by atoms with Crippen molar-refractivity contribution in [2.75, 3.05) is 0 Å². The molecule has 1 heterocycles. The number of carboxylic acids is 2. The number of carboxylic acid groups (broad SMARTS) is 2. The van der Waals surface area contributed by atoms with Gasteiger partial charge in [0.15, 0.2) is 0 Å². The Balaban J connectivity index is 2.24. The Labute approximate surface area is 112 Å². The van der Waals surface area contributed by atoms with Crippen LogP contribution < -0.4 is 0 Å². The van der Waals surface area contributed by atoms with Gasteiger partial charge in [0.25, 0.3) is 0 Å². The van der Waals surface area contributed by atoms with Gasteiger partial charge in [-0.05, 0) is 37.8 Å². The summed E-state index contributed by atoms with van der Waals surface area (Å²) in [5.74, 6) is -1.50. The van der Waals surface area contributed by atoms with Crippen LogP contribution in [0, 0.1) is 0 Å². The quantitative estimate of drug-likeness (QED) is 0.638. The van der Waals surface area contributed by atoms with E-state index in [9.17, 15) is 9.59 Å². The maximum Gasteiger partial charge on any atom is 0.303 e. The Morgan fingerprint density at radius 2 is 1.68 bits per heavy atom. The van der Waals surface area contributed by atoms with E-state index in [1.807, 2.05) is 18.3 Å². The number of carbonyl (C=O) groups is 2. The predicted molar refractivity (Wildman–Crippen MR) is 71.1 cm³/mol. The van der Waals surface area contributed by atoms with E-state index >= 15 is 0 Å². The van der Waals surface area contributed by atoms with Gasteiger partial charge >= 0.3 is 11.9 Å². The topological polar surface area (TPSA) is 79.5 Å². The molecule has 5 nitrogen and oxygen atoms in total. The van der Waals surface area contributed by atoms with E-state index in [2.05, 4.69) is 4.57 Å². The highest BCUT2D eigenvalue weighted by Gasteiger charge is 2.03. The Morgan fingerprint density at radius 3 is 2.37 bits per heavy atom. The molecule has 19 heavy (non-hydrogen) atoms. The van der Waals surface area contributed by atoms with Crippen molar-refractivity contribution in [3.05, 3.63) is 24.0 Å². The van der Waals surface area contributed by atoms with E-state index in [-0.39, 0.29) is 12.8 Å². The minimum atomic E-state index is -0.758. The van der Waals surface area contributed by atoms with Crippen molar-refractivity contribution in [1.29, 1.82) is 0 Å². The van der Waals surface area contributed by atoms with Crippen molar-refractivity contribution >= 4 is 11.9 Å². The molecular formula is C14H21NO4. The predicted octanol–water partition coefficient (Wildman–Crippen LogP) is 2.54. The molecule has 0 aliphatic heterocycles. The summed E-state index contributed by atoms with van der Waals surface area (Å²) in [5.41, 5.74) is 1.15. The number of aliphatic carboxylic acids is 2. The second-order valence-electron chi connectivity index (χ2n) is 4.64. The second kappa shape index (κ2) is 8.34. The van der Waals surface area contributed by atoms with E-state index in [1.54, 1.807) is 0 Å². The standard InChI is InChI=1S/C14H21NO4/c16-13(17)8-2-1-3-10-15-11-5-7-12(15)6-4-9-14(18)19/h5,7,11H,1-4,6,8-10H2,(H,16,17)(H,18,19). The average Bonchev–Trinajstić information content (AvgIpc) is 2.75. The van der Waals surface area contributed by atoms with Crippen LogP contribution in [-0.4, -0.2) is 26.7 Å². The van der Waals surface area contributed by atoms with Crippen LogP contribution in [0.25, 0.3) is 0 Å². The maximum atomic E-state index is 10.5. The molecule has 0 unspecified atom stereocenters. The van der Waals surface area contributed by atoms with Crippen molar-refractivity contribution in [3.63, 3.8) is 0 Å². The van der Waals surface area contributed by atoms with E-state index in [0.717, 1.165) is 31.5 Å².